The maximum atomic E-state index is 11.7. The molecule has 112 valence electrons. The second-order valence-electron chi connectivity index (χ2n) is 5.28. The SMILES string of the molecule is CN(C)C(=O)CNC(=O)CCCc1c[nH]c2ccccc12. The zero-order valence-corrected chi connectivity index (χ0v) is 12.5. The lowest BCUT2D eigenvalue weighted by Crippen LogP contribution is -2.36. The Morgan fingerprint density at radius 3 is 2.76 bits per heavy atom. The highest BCUT2D eigenvalue weighted by Crippen LogP contribution is 2.19. The van der Waals surface area contributed by atoms with E-state index in [0.717, 1.165) is 18.4 Å². The van der Waals surface area contributed by atoms with E-state index in [2.05, 4.69) is 16.4 Å². The van der Waals surface area contributed by atoms with Crippen LogP contribution in [-0.2, 0) is 16.0 Å². The average molecular weight is 287 g/mol. The summed E-state index contributed by atoms with van der Waals surface area (Å²) in [4.78, 5) is 27.7. The van der Waals surface area contributed by atoms with Crippen LogP contribution in [-0.4, -0.2) is 42.3 Å². The summed E-state index contributed by atoms with van der Waals surface area (Å²) in [5.74, 6) is -0.176. The molecule has 0 saturated heterocycles. The summed E-state index contributed by atoms with van der Waals surface area (Å²) in [6.45, 7) is 0.0684. The van der Waals surface area contributed by atoms with E-state index in [0.29, 0.717) is 6.42 Å². The summed E-state index contributed by atoms with van der Waals surface area (Å²) in [5, 5.41) is 3.85. The Balaban J connectivity index is 1.76. The number of likely N-dealkylation sites (N-methyl/N-ethyl adjacent to an activating group) is 1. The van der Waals surface area contributed by atoms with E-state index in [9.17, 15) is 9.59 Å². The molecule has 0 bridgehead atoms. The first-order valence-electron chi connectivity index (χ1n) is 7.10. The molecule has 1 aromatic heterocycles. The molecule has 21 heavy (non-hydrogen) atoms. The maximum Gasteiger partial charge on any atom is 0.241 e. The number of nitrogens with zero attached hydrogens (tertiary/aromatic N) is 1. The molecule has 1 aromatic carbocycles. The lowest BCUT2D eigenvalue weighted by Gasteiger charge is -2.10. The first-order valence-corrected chi connectivity index (χ1v) is 7.10. The third kappa shape index (κ3) is 4.08. The summed E-state index contributed by atoms with van der Waals surface area (Å²) in [6.07, 6.45) is 4.04. The monoisotopic (exact) mass is 287 g/mol. The normalized spacial score (nSPS) is 10.6. The lowest BCUT2D eigenvalue weighted by atomic mass is 10.1. The van der Waals surface area contributed by atoms with Crippen molar-refractivity contribution in [2.45, 2.75) is 19.3 Å². The summed E-state index contributed by atoms with van der Waals surface area (Å²) in [6, 6.07) is 8.13. The fourth-order valence-corrected chi connectivity index (χ4v) is 2.20. The number of H-pyrrole nitrogens is 1. The standard InChI is InChI=1S/C16H21N3O2/c1-19(2)16(21)11-18-15(20)9-5-6-12-10-17-14-8-4-3-7-13(12)14/h3-4,7-8,10,17H,5-6,9,11H2,1-2H3,(H,18,20). The minimum atomic E-state index is -0.0972. The van der Waals surface area contributed by atoms with Crippen LogP contribution in [0.4, 0.5) is 0 Å². The fraction of sp³-hybridized carbons (Fsp3) is 0.375. The maximum absolute atomic E-state index is 11.7. The van der Waals surface area contributed by atoms with Crippen molar-refractivity contribution in [1.82, 2.24) is 15.2 Å². The van der Waals surface area contributed by atoms with Crippen molar-refractivity contribution in [3.05, 3.63) is 36.0 Å². The van der Waals surface area contributed by atoms with Gasteiger partial charge in [0.25, 0.3) is 0 Å². The van der Waals surface area contributed by atoms with Crippen LogP contribution < -0.4 is 5.32 Å². The molecule has 5 nitrogen and oxygen atoms in total. The summed E-state index contributed by atoms with van der Waals surface area (Å²) >= 11 is 0. The van der Waals surface area contributed by atoms with Crippen molar-refractivity contribution >= 4 is 22.7 Å². The van der Waals surface area contributed by atoms with Gasteiger partial charge in [-0.25, -0.2) is 0 Å². The zero-order chi connectivity index (χ0) is 15.2. The number of hydrogen-bond donors (Lipinski definition) is 2. The number of nitrogens with one attached hydrogen (secondary N) is 2. The van der Waals surface area contributed by atoms with E-state index in [4.69, 9.17) is 0 Å². The molecule has 2 rings (SSSR count). The molecule has 1 heterocycles. The Bertz CT molecular complexity index is 631. The molecule has 0 radical (unpaired) electrons. The average Bonchev–Trinajstić information content (AvgIpc) is 2.88. The fourth-order valence-electron chi connectivity index (χ4n) is 2.20. The highest BCUT2D eigenvalue weighted by atomic mass is 16.2. The number of aromatic nitrogens is 1. The summed E-state index contributed by atoms with van der Waals surface area (Å²) < 4.78 is 0. The van der Waals surface area contributed by atoms with Gasteiger partial charge in [0.1, 0.15) is 0 Å². The van der Waals surface area contributed by atoms with Crippen LogP contribution in [0.3, 0.4) is 0 Å². The summed E-state index contributed by atoms with van der Waals surface area (Å²) in [7, 11) is 3.34. The van der Waals surface area contributed by atoms with Crippen LogP contribution >= 0.6 is 0 Å². The first-order chi connectivity index (χ1) is 10.1. The third-order valence-corrected chi connectivity index (χ3v) is 3.46. The number of fused-ring (bicyclic) bond motifs is 1. The van der Waals surface area contributed by atoms with Gasteiger partial charge in [-0.05, 0) is 24.5 Å². The molecule has 0 saturated carbocycles. The summed E-state index contributed by atoms with van der Waals surface area (Å²) in [5.41, 5.74) is 2.34. The van der Waals surface area contributed by atoms with Gasteiger partial charge in [-0.1, -0.05) is 18.2 Å². The molecule has 0 aliphatic carbocycles. The van der Waals surface area contributed by atoms with Crippen molar-refractivity contribution in [3.63, 3.8) is 0 Å². The third-order valence-electron chi connectivity index (χ3n) is 3.46. The number of carbonyl (C=O) groups excluding carboxylic acids is 2. The second-order valence-corrected chi connectivity index (χ2v) is 5.28. The number of hydrogen-bond acceptors (Lipinski definition) is 2. The van der Waals surface area contributed by atoms with Gasteiger partial charge in [0.05, 0.1) is 6.54 Å². The number of carbonyl (C=O) groups is 2. The van der Waals surface area contributed by atoms with Crippen molar-refractivity contribution in [2.75, 3.05) is 20.6 Å². The van der Waals surface area contributed by atoms with E-state index in [1.165, 1.54) is 15.8 Å². The number of para-hydroxylation sites is 1. The molecule has 0 spiro atoms. The first kappa shape index (κ1) is 15.1. The minimum absolute atomic E-state index is 0.0684. The van der Waals surface area contributed by atoms with E-state index >= 15 is 0 Å². The van der Waals surface area contributed by atoms with Crippen molar-refractivity contribution < 1.29 is 9.59 Å². The predicted molar refractivity (Wildman–Crippen MR) is 82.9 cm³/mol. The Morgan fingerprint density at radius 2 is 2.00 bits per heavy atom. The van der Waals surface area contributed by atoms with E-state index in [1.54, 1.807) is 14.1 Å². The van der Waals surface area contributed by atoms with Gasteiger partial charge in [0, 0.05) is 37.6 Å². The van der Waals surface area contributed by atoms with E-state index in [1.807, 2.05) is 24.4 Å². The van der Waals surface area contributed by atoms with Crippen molar-refractivity contribution in [2.24, 2.45) is 0 Å². The van der Waals surface area contributed by atoms with E-state index < -0.39 is 0 Å². The predicted octanol–water partition coefficient (Wildman–Crippen LogP) is 1.69. The van der Waals surface area contributed by atoms with Gasteiger partial charge in [0.2, 0.25) is 11.8 Å². The Morgan fingerprint density at radius 1 is 1.24 bits per heavy atom. The van der Waals surface area contributed by atoms with Crippen LogP contribution in [0.1, 0.15) is 18.4 Å². The highest BCUT2D eigenvalue weighted by Gasteiger charge is 2.08. The number of amides is 2. The van der Waals surface area contributed by atoms with Crippen molar-refractivity contribution in [1.29, 1.82) is 0 Å². The van der Waals surface area contributed by atoms with Gasteiger partial charge in [-0.2, -0.15) is 0 Å². The second kappa shape index (κ2) is 6.92. The molecular weight excluding hydrogens is 266 g/mol. The molecule has 0 unspecified atom stereocenters. The molecule has 2 N–H and O–H groups in total. The van der Waals surface area contributed by atoms with Crippen LogP contribution in [0.15, 0.2) is 30.5 Å². The largest absolute Gasteiger partial charge is 0.361 e. The van der Waals surface area contributed by atoms with Crippen LogP contribution in [0, 0.1) is 0 Å². The van der Waals surface area contributed by atoms with Gasteiger partial charge in [-0.15, -0.1) is 0 Å². The zero-order valence-electron chi connectivity index (χ0n) is 12.5. The molecule has 0 aliphatic heterocycles. The smallest absolute Gasteiger partial charge is 0.241 e. The molecule has 2 amide bonds. The molecule has 0 aliphatic rings. The van der Waals surface area contributed by atoms with Crippen LogP contribution in [0.5, 0.6) is 0 Å². The van der Waals surface area contributed by atoms with E-state index in [-0.39, 0.29) is 18.4 Å². The number of rotatable bonds is 6. The molecule has 5 heteroatoms. The quantitative estimate of drug-likeness (QED) is 0.849. The lowest BCUT2D eigenvalue weighted by molar-refractivity contribution is -0.130. The van der Waals surface area contributed by atoms with Crippen molar-refractivity contribution in [3.8, 4) is 0 Å². The number of aryl methyl sites for hydroxylation is 1. The van der Waals surface area contributed by atoms with Gasteiger partial charge in [0.15, 0.2) is 0 Å². The topological polar surface area (TPSA) is 65.2 Å². The Kier molecular flexibility index (Phi) is 4.98. The van der Waals surface area contributed by atoms with Crippen LogP contribution in [0.2, 0.25) is 0 Å². The van der Waals surface area contributed by atoms with Gasteiger partial charge < -0.3 is 15.2 Å². The van der Waals surface area contributed by atoms with Crippen LogP contribution in [0.25, 0.3) is 10.9 Å². The molecular formula is C16H21N3O2. The molecule has 2 aromatic rings. The Hall–Kier alpha value is -2.30. The molecule has 0 fully saturated rings. The minimum Gasteiger partial charge on any atom is -0.361 e. The number of benzene rings is 1. The highest BCUT2D eigenvalue weighted by molar-refractivity contribution is 5.85. The van der Waals surface area contributed by atoms with Gasteiger partial charge in [-0.3, -0.25) is 9.59 Å². The van der Waals surface area contributed by atoms with Gasteiger partial charge >= 0.3 is 0 Å². The Labute approximate surface area is 124 Å². The number of aromatic amines is 1. The molecule has 0 atom stereocenters.